The van der Waals surface area contributed by atoms with Crippen LogP contribution in [0.15, 0.2) is 64.8 Å². The van der Waals surface area contributed by atoms with Crippen molar-refractivity contribution < 1.29 is 41.9 Å². The predicted molar refractivity (Wildman–Crippen MR) is 125 cm³/mol. The molecule has 1 heterocycles. The van der Waals surface area contributed by atoms with Crippen molar-refractivity contribution in [2.24, 2.45) is 10.9 Å². The van der Waals surface area contributed by atoms with Gasteiger partial charge in [-0.05, 0) is 37.6 Å². The molecule has 196 valence electrons. The van der Waals surface area contributed by atoms with E-state index in [9.17, 15) is 32.9 Å². The minimum atomic E-state index is -4.53. The Morgan fingerprint density at radius 3 is 2.43 bits per heavy atom. The molecule has 0 amide bonds. The van der Waals surface area contributed by atoms with Crippen molar-refractivity contribution in [2.45, 2.75) is 25.9 Å². The first kappa shape index (κ1) is 27.4. The third-order valence-corrected chi connectivity index (χ3v) is 5.69. The van der Waals surface area contributed by atoms with Crippen molar-refractivity contribution in [1.29, 1.82) is 0 Å². The number of carbonyl (C=O) groups excluding carboxylic acids is 2. The van der Waals surface area contributed by atoms with Gasteiger partial charge in [-0.25, -0.2) is 4.79 Å². The number of hydrogen-bond donors (Lipinski definition) is 0. The van der Waals surface area contributed by atoms with Gasteiger partial charge in [-0.2, -0.15) is 13.2 Å². The number of nitro groups is 1. The van der Waals surface area contributed by atoms with Gasteiger partial charge in [0.05, 0.1) is 23.2 Å². The topological polar surface area (TPSA) is 117 Å². The molecule has 12 heteroatoms. The Morgan fingerprint density at radius 2 is 1.78 bits per heavy atom. The zero-order valence-electron chi connectivity index (χ0n) is 20.1. The molecule has 0 spiro atoms. The van der Waals surface area contributed by atoms with E-state index in [2.05, 4.69) is 4.99 Å². The normalized spacial score (nSPS) is 17.6. The lowest BCUT2D eigenvalue weighted by atomic mass is 9.75. The first-order valence-electron chi connectivity index (χ1n) is 11.0. The van der Waals surface area contributed by atoms with Crippen LogP contribution in [-0.2, 0) is 25.2 Å². The summed E-state index contributed by atoms with van der Waals surface area (Å²) in [6.45, 7) is 2.56. The summed E-state index contributed by atoms with van der Waals surface area (Å²) in [6, 6.07) is 9.77. The van der Waals surface area contributed by atoms with Gasteiger partial charge in [0.2, 0.25) is 0 Å². The van der Waals surface area contributed by atoms with Crippen LogP contribution in [0.1, 0.15) is 30.9 Å². The van der Waals surface area contributed by atoms with Crippen LogP contribution < -0.4 is 4.74 Å². The maximum absolute atomic E-state index is 13.1. The van der Waals surface area contributed by atoms with Gasteiger partial charge in [0.25, 0.3) is 5.69 Å². The third kappa shape index (κ3) is 6.32. The van der Waals surface area contributed by atoms with E-state index in [1.165, 1.54) is 44.4 Å². The number of nitro benzene ring substituents is 1. The molecule has 0 aromatic heterocycles. The van der Waals surface area contributed by atoms with E-state index in [0.29, 0.717) is 11.3 Å². The van der Waals surface area contributed by atoms with E-state index in [0.717, 1.165) is 12.1 Å². The molecule has 9 nitrogen and oxygen atoms in total. The number of rotatable bonds is 8. The van der Waals surface area contributed by atoms with Crippen molar-refractivity contribution in [3.05, 3.63) is 81.0 Å². The molecular weight excluding hydrogens is 497 g/mol. The summed E-state index contributed by atoms with van der Waals surface area (Å²) in [5.41, 5.74) is -0.206. The molecule has 0 radical (unpaired) electrons. The number of methoxy groups -OCH3 is 1. The van der Waals surface area contributed by atoms with E-state index in [1.807, 2.05) is 0 Å². The Kier molecular flexibility index (Phi) is 8.31. The molecule has 2 aromatic rings. The number of allylic oxidation sites excluding steroid dienone is 1. The van der Waals surface area contributed by atoms with Crippen LogP contribution in [0.4, 0.5) is 18.9 Å². The standard InChI is InChI=1S/C25H23F3N2O7/c1-14-20(23(31)35-3)22(16-6-4-8-18(12-16)30(33)34)21(15(2)29-14)24(32)37-11-10-36-19-9-5-7-17(13-19)25(26,27)28/h4-9,12-13,20,22H,10-11H2,1-3H3. The van der Waals surface area contributed by atoms with Gasteiger partial charge in [-0.1, -0.05) is 18.2 Å². The number of benzene rings is 2. The van der Waals surface area contributed by atoms with Gasteiger partial charge in [-0.3, -0.25) is 19.9 Å². The fourth-order valence-corrected chi connectivity index (χ4v) is 4.06. The number of ether oxygens (including phenoxy) is 3. The smallest absolute Gasteiger partial charge is 0.416 e. The number of esters is 2. The molecule has 0 saturated heterocycles. The van der Waals surface area contributed by atoms with Crippen molar-refractivity contribution in [2.75, 3.05) is 20.3 Å². The molecule has 0 bridgehead atoms. The summed E-state index contributed by atoms with van der Waals surface area (Å²) < 4.78 is 54.1. The highest BCUT2D eigenvalue weighted by Gasteiger charge is 2.42. The van der Waals surface area contributed by atoms with E-state index < -0.39 is 40.4 Å². The lowest BCUT2D eigenvalue weighted by molar-refractivity contribution is -0.384. The Morgan fingerprint density at radius 1 is 1.08 bits per heavy atom. The van der Waals surface area contributed by atoms with Crippen LogP contribution in [0.25, 0.3) is 0 Å². The second-order valence-corrected chi connectivity index (χ2v) is 8.09. The molecule has 1 aliphatic heterocycles. The van der Waals surface area contributed by atoms with Crippen molar-refractivity contribution in [1.82, 2.24) is 0 Å². The number of aliphatic imine (C=N–C) groups is 1. The van der Waals surface area contributed by atoms with Gasteiger partial charge in [0.15, 0.2) is 0 Å². The molecule has 37 heavy (non-hydrogen) atoms. The maximum atomic E-state index is 13.1. The summed E-state index contributed by atoms with van der Waals surface area (Å²) >= 11 is 0. The molecule has 2 unspecified atom stereocenters. The van der Waals surface area contributed by atoms with Crippen LogP contribution in [0, 0.1) is 16.0 Å². The maximum Gasteiger partial charge on any atom is 0.416 e. The number of alkyl halides is 3. The summed E-state index contributed by atoms with van der Waals surface area (Å²) in [6.07, 6.45) is -4.53. The second-order valence-electron chi connectivity index (χ2n) is 8.09. The summed E-state index contributed by atoms with van der Waals surface area (Å²) in [5, 5.41) is 11.3. The Balaban J connectivity index is 1.83. The van der Waals surface area contributed by atoms with Gasteiger partial charge in [0.1, 0.15) is 24.9 Å². The fourth-order valence-electron chi connectivity index (χ4n) is 4.06. The lowest BCUT2D eigenvalue weighted by Gasteiger charge is -2.31. The zero-order valence-corrected chi connectivity index (χ0v) is 20.1. The highest BCUT2D eigenvalue weighted by Crippen LogP contribution is 2.41. The summed E-state index contributed by atoms with van der Waals surface area (Å²) in [5.74, 6) is -3.63. The first-order valence-corrected chi connectivity index (χ1v) is 11.0. The monoisotopic (exact) mass is 520 g/mol. The van der Waals surface area contributed by atoms with Crippen LogP contribution in [0.2, 0.25) is 0 Å². The van der Waals surface area contributed by atoms with Gasteiger partial charge in [0, 0.05) is 29.5 Å². The van der Waals surface area contributed by atoms with Crippen LogP contribution >= 0.6 is 0 Å². The van der Waals surface area contributed by atoms with E-state index in [4.69, 9.17) is 14.2 Å². The molecule has 0 N–H and O–H groups in total. The highest BCUT2D eigenvalue weighted by molar-refractivity contribution is 6.07. The Labute approximate surface area is 209 Å². The molecule has 0 aliphatic carbocycles. The molecule has 1 aliphatic rings. The van der Waals surface area contributed by atoms with Gasteiger partial charge >= 0.3 is 18.1 Å². The fraction of sp³-hybridized carbons (Fsp3) is 0.320. The number of nitrogens with zero attached hydrogens (tertiary/aromatic N) is 2. The van der Waals surface area contributed by atoms with E-state index in [1.54, 1.807) is 13.0 Å². The lowest BCUT2D eigenvalue weighted by Crippen LogP contribution is -2.36. The first-order chi connectivity index (χ1) is 17.4. The zero-order chi connectivity index (χ0) is 27.3. The predicted octanol–water partition coefficient (Wildman–Crippen LogP) is 4.86. The second kappa shape index (κ2) is 11.2. The average molecular weight is 520 g/mol. The van der Waals surface area contributed by atoms with Crippen molar-refractivity contribution >= 4 is 23.3 Å². The Bertz CT molecular complexity index is 1270. The summed E-state index contributed by atoms with van der Waals surface area (Å²) in [7, 11) is 1.18. The van der Waals surface area contributed by atoms with E-state index in [-0.39, 0.29) is 35.9 Å². The minimum Gasteiger partial charge on any atom is -0.490 e. The van der Waals surface area contributed by atoms with E-state index >= 15 is 0 Å². The molecule has 0 fully saturated rings. The van der Waals surface area contributed by atoms with Crippen LogP contribution in [0.3, 0.4) is 0 Å². The molecule has 2 atom stereocenters. The molecule has 0 saturated carbocycles. The Hall–Kier alpha value is -4.22. The SMILES string of the molecule is COC(=O)C1C(C)=NC(C)=C(C(=O)OCCOc2cccc(C(F)(F)F)c2)C1c1cccc([N+](=O)[O-])c1. The van der Waals surface area contributed by atoms with Crippen LogP contribution in [0.5, 0.6) is 5.75 Å². The molecular formula is C25H23F3N2O7. The number of non-ortho nitro benzene ring substituents is 1. The largest absolute Gasteiger partial charge is 0.490 e. The number of halogens is 3. The van der Waals surface area contributed by atoms with Crippen molar-refractivity contribution in [3.8, 4) is 5.75 Å². The minimum absolute atomic E-state index is 0.000525. The number of hydrogen-bond acceptors (Lipinski definition) is 8. The number of carbonyl (C=O) groups is 2. The third-order valence-electron chi connectivity index (χ3n) is 5.69. The molecule has 2 aromatic carbocycles. The quantitative estimate of drug-likeness (QED) is 0.211. The van der Waals surface area contributed by atoms with Crippen molar-refractivity contribution in [3.63, 3.8) is 0 Å². The van der Waals surface area contributed by atoms with Gasteiger partial charge in [-0.15, -0.1) is 0 Å². The molecule has 3 rings (SSSR count). The van der Waals surface area contributed by atoms with Crippen LogP contribution in [-0.4, -0.2) is 42.9 Å². The average Bonchev–Trinajstić information content (AvgIpc) is 2.85. The van der Waals surface area contributed by atoms with Gasteiger partial charge < -0.3 is 14.2 Å². The highest BCUT2D eigenvalue weighted by atomic mass is 19.4. The summed E-state index contributed by atoms with van der Waals surface area (Å²) in [4.78, 5) is 40.8.